The molecule has 4 heteroatoms. The number of rotatable bonds is 10. The van der Waals surface area contributed by atoms with E-state index in [0.29, 0.717) is 13.2 Å². The standard InChI is InChI=1S/C20H26BrNO2/c1-3-5-11-24-20-13-18(21)17(12-19(20)23-4-2)15-22-14-16-9-7-6-8-10-16/h6-10,12-13,22H,3-5,11,14-15H2,1-2H3. The summed E-state index contributed by atoms with van der Waals surface area (Å²) in [5.74, 6) is 1.62. The van der Waals surface area contributed by atoms with Gasteiger partial charge in [0.2, 0.25) is 0 Å². The molecule has 0 aliphatic rings. The van der Waals surface area contributed by atoms with E-state index in [1.54, 1.807) is 0 Å². The van der Waals surface area contributed by atoms with E-state index < -0.39 is 0 Å². The second-order valence-corrected chi connectivity index (χ2v) is 6.47. The second kappa shape index (κ2) is 10.4. The number of nitrogens with one attached hydrogen (secondary N) is 1. The minimum Gasteiger partial charge on any atom is -0.490 e. The van der Waals surface area contributed by atoms with Crippen LogP contribution in [-0.4, -0.2) is 13.2 Å². The van der Waals surface area contributed by atoms with Crippen molar-refractivity contribution in [3.63, 3.8) is 0 Å². The fourth-order valence-corrected chi connectivity index (χ4v) is 2.82. The van der Waals surface area contributed by atoms with Gasteiger partial charge in [-0.05, 0) is 36.6 Å². The van der Waals surface area contributed by atoms with E-state index in [1.165, 1.54) is 5.56 Å². The van der Waals surface area contributed by atoms with Crippen LogP contribution in [-0.2, 0) is 13.1 Å². The van der Waals surface area contributed by atoms with Gasteiger partial charge in [-0.1, -0.05) is 59.6 Å². The molecule has 0 unspecified atom stereocenters. The van der Waals surface area contributed by atoms with Gasteiger partial charge in [-0.2, -0.15) is 0 Å². The van der Waals surface area contributed by atoms with Crippen molar-refractivity contribution in [2.45, 2.75) is 39.8 Å². The molecule has 0 amide bonds. The third kappa shape index (κ3) is 5.84. The molecule has 0 spiro atoms. The quantitative estimate of drug-likeness (QED) is 0.556. The molecule has 1 N–H and O–H groups in total. The summed E-state index contributed by atoms with van der Waals surface area (Å²) in [6.45, 7) is 7.10. The summed E-state index contributed by atoms with van der Waals surface area (Å²) >= 11 is 3.65. The maximum absolute atomic E-state index is 5.86. The van der Waals surface area contributed by atoms with Crippen molar-refractivity contribution in [1.82, 2.24) is 5.32 Å². The lowest BCUT2D eigenvalue weighted by atomic mass is 10.2. The first kappa shape index (κ1) is 18.8. The van der Waals surface area contributed by atoms with Crippen LogP contribution in [0.25, 0.3) is 0 Å². The van der Waals surface area contributed by atoms with Gasteiger partial charge in [0.25, 0.3) is 0 Å². The second-order valence-electron chi connectivity index (χ2n) is 5.61. The van der Waals surface area contributed by atoms with Crippen molar-refractivity contribution in [3.05, 3.63) is 58.1 Å². The molecule has 0 aliphatic heterocycles. The van der Waals surface area contributed by atoms with Gasteiger partial charge in [0, 0.05) is 17.6 Å². The zero-order valence-electron chi connectivity index (χ0n) is 14.5. The van der Waals surface area contributed by atoms with Crippen LogP contribution in [0.2, 0.25) is 0 Å². The highest BCUT2D eigenvalue weighted by Gasteiger charge is 2.11. The third-order valence-corrected chi connectivity index (χ3v) is 4.39. The molecule has 0 bridgehead atoms. The predicted octanol–water partition coefficient (Wildman–Crippen LogP) is 5.32. The molecule has 0 atom stereocenters. The zero-order valence-corrected chi connectivity index (χ0v) is 16.1. The van der Waals surface area contributed by atoms with Crippen molar-refractivity contribution in [1.29, 1.82) is 0 Å². The molecule has 0 saturated heterocycles. The molecule has 2 aromatic carbocycles. The predicted molar refractivity (Wildman–Crippen MR) is 103 cm³/mol. The lowest BCUT2D eigenvalue weighted by molar-refractivity contribution is 0.272. The van der Waals surface area contributed by atoms with E-state index in [9.17, 15) is 0 Å². The summed E-state index contributed by atoms with van der Waals surface area (Å²) in [6, 6.07) is 14.5. The van der Waals surface area contributed by atoms with Gasteiger partial charge in [0.1, 0.15) is 0 Å². The van der Waals surface area contributed by atoms with E-state index in [-0.39, 0.29) is 0 Å². The van der Waals surface area contributed by atoms with Gasteiger partial charge in [-0.25, -0.2) is 0 Å². The van der Waals surface area contributed by atoms with Crippen molar-refractivity contribution >= 4 is 15.9 Å². The number of hydrogen-bond acceptors (Lipinski definition) is 3. The molecular weight excluding hydrogens is 366 g/mol. The molecule has 0 saturated carbocycles. The first-order valence-electron chi connectivity index (χ1n) is 8.57. The van der Waals surface area contributed by atoms with Crippen LogP contribution in [0.4, 0.5) is 0 Å². The van der Waals surface area contributed by atoms with Crippen LogP contribution >= 0.6 is 15.9 Å². The van der Waals surface area contributed by atoms with Crippen molar-refractivity contribution in [2.24, 2.45) is 0 Å². The largest absolute Gasteiger partial charge is 0.490 e. The molecular formula is C20H26BrNO2. The number of halogens is 1. The zero-order chi connectivity index (χ0) is 17.2. The Hall–Kier alpha value is -1.52. The molecule has 0 fully saturated rings. The van der Waals surface area contributed by atoms with Crippen LogP contribution in [0.5, 0.6) is 11.5 Å². The Morgan fingerprint density at radius 1 is 0.958 bits per heavy atom. The molecule has 0 radical (unpaired) electrons. The van der Waals surface area contributed by atoms with Crippen LogP contribution in [0.3, 0.4) is 0 Å². The minimum atomic E-state index is 0.628. The molecule has 2 aromatic rings. The van der Waals surface area contributed by atoms with E-state index in [4.69, 9.17) is 9.47 Å². The number of benzene rings is 2. The van der Waals surface area contributed by atoms with Gasteiger partial charge < -0.3 is 14.8 Å². The Labute approximate surface area is 153 Å². The Kier molecular flexibility index (Phi) is 8.13. The maximum Gasteiger partial charge on any atom is 0.162 e. The third-order valence-electron chi connectivity index (χ3n) is 3.66. The van der Waals surface area contributed by atoms with Crippen molar-refractivity contribution in [3.8, 4) is 11.5 Å². The van der Waals surface area contributed by atoms with E-state index in [1.807, 2.05) is 19.1 Å². The summed E-state index contributed by atoms with van der Waals surface area (Å²) in [5.41, 5.74) is 2.44. The average Bonchev–Trinajstić information content (AvgIpc) is 2.59. The average molecular weight is 392 g/mol. The number of hydrogen-bond donors (Lipinski definition) is 1. The lowest BCUT2D eigenvalue weighted by Gasteiger charge is -2.15. The summed E-state index contributed by atoms with van der Waals surface area (Å²) in [6.07, 6.45) is 2.16. The fourth-order valence-electron chi connectivity index (χ4n) is 2.36. The SMILES string of the molecule is CCCCOc1cc(Br)c(CNCc2ccccc2)cc1OCC. The highest BCUT2D eigenvalue weighted by atomic mass is 79.9. The van der Waals surface area contributed by atoms with Crippen LogP contribution in [0, 0.1) is 0 Å². The van der Waals surface area contributed by atoms with Gasteiger partial charge in [0.05, 0.1) is 13.2 Å². The lowest BCUT2D eigenvalue weighted by Crippen LogP contribution is -2.13. The Balaban J connectivity index is 2.02. The molecule has 0 heterocycles. The summed E-state index contributed by atoms with van der Waals surface area (Å²) < 4.78 is 12.7. The van der Waals surface area contributed by atoms with E-state index >= 15 is 0 Å². The van der Waals surface area contributed by atoms with Crippen molar-refractivity contribution in [2.75, 3.05) is 13.2 Å². The first-order chi connectivity index (χ1) is 11.7. The fraction of sp³-hybridized carbons (Fsp3) is 0.400. The normalized spacial score (nSPS) is 10.6. The van der Waals surface area contributed by atoms with Gasteiger partial charge >= 0.3 is 0 Å². The summed E-state index contributed by atoms with van der Waals surface area (Å²) in [5, 5.41) is 3.47. The molecule has 130 valence electrons. The van der Waals surface area contributed by atoms with Gasteiger partial charge in [0.15, 0.2) is 11.5 Å². The number of ether oxygens (including phenoxy) is 2. The molecule has 24 heavy (non-hydrogen) atoms. The Morgan fingerprint density at radius 3 is 2.42 bits per heavy atom. The summed E-state index contributed by atoms with van der Waals surface area (Å²) in [7, 11) is 0. The highest BCUT2D eigenvalue weighted by molar-refractivity contribution is 9.10. The maximum atomic E-state index is 5.86. The molecule has 0 aliphatic carbocycles. The van der Waals surface area contributed by atoms with Crippen LogP contribution < -0.4 is 14.8 Å². The van der Waals surface area contributed by atoms with Crippen LogP contribution in [0.15, 0.2) is 46.9 Å². The monoisotopic (exact) mass is 391 g/mol. The van der Waals surface area contributed by atoms with Gasteiger partial charge in [-0.15, -0.1) is 0 Å². The first-order valence-corrected chi connectivity index (χ1v) is 9.36. The highest BCUT2D eigenvalue weighted by Crippen LogP contribution is 2.34. The van der Waals surface area contributed by atoms with Gasteiger partial charge in [-0.3, -0.25) is 0 Å². The Bertz CT molecular complexity index is 617. The van der Waals surface area contributed by atoms with Crippen LogP contribution in [0.1, 0.15) is 37.8 Å². The number of unbranched alkanes of at least 4 members (excludes halogenated alkanes) is 1. The Morgan fingerprint density at radius 2 is 1.71 bits per heavy atom. The van der Waals surface area contributed by atoms with Crippen molar-refractivity contribution < 1.29 is 9.47 Å². The topological polar surface area (TPSA) is 30.5 Å². The molecule has 3 nitrogen and oxygen atoms in total. The molecule has 0 aromatic heterocycles. The van der Waals surface area contributed by atoms with E-state index in [2.05, 4.69) is 58.5 Å². The van der Waals surface area contributed by atoms with E-state index in [0.717, 1.165) is 47.5 Å². The summed E-state index contributed by atoms with van der Waals surface area (Å²) in [4.78, 5) is 0. The molecule has 2 rings (SSSR count). The smallest absolute Gasteiger partial charge is 0.162 e. The minimum absolute atomic E-state index is 0.628.